The van der Waals surface area contributed by atoms with Crippen LogP contribution in [0.2, 0.25) is 5.02 Å². The molecule has 0 spiro atoms. The average molecular weight is 560 g/mol. The Morgan fingerprint density at radius 3 is 2.24 bits per heavy atom. The number of hydrogen-bond acceptors (Lipinski definition) is 6. The predicted molar refractivity (Wildman–Crippen MR) is 129 cm³/mol. The topological polar surface area (TPSA) is 139 Å². The van der Waals surface area contributed by atoms with Crippen molar-refractivity contribution >= 4 is 38.9 Å². The molecule has 2 fully saturated rings. The molecule has 2 aliphatic carbocycles. The smallest absolute Gasteiger partial charge is 0.255 e. The van der Waals surface area contributed by atoms with Crippen molar-refractivity contribution < 1.29 is 36.3 Å². The Morgan fingerprint density at radius 1 is 1.08 bits per heavy atom. The van der Waals surface area contributed by atoms with E-state index in [-0.39, 0.29) is 58.9 Å². The maximum absolute atomic E-state index is 13.6. The summed E-state index contributed by atoms with van der Waals surface area (Å²) in [6, 6.07) is 4.74. The highest BCUT2D eigenvalue weighted by atomic mass is 35.5. The van der Waals surface area contributed by atoms with Gasteiger partial charge in [-0.2, -0.15) is 0 Å². The summed E-state index contributed by atoms with van der Waals surface area (Å²) in [5, 5.41) is 15.0. The fraction of sp³-hybridized carbons (Fsp3) is 0.417. The fourth-order valence-corrected chi connectivity index (χ4v) is 7.74. The van der Waals surface area contributed by atoms with E-state index in [9.17, 15) is 36.3 Å². The van der Waals surface area contributed by atoms with Gasteiger partial charge < -0.3 is 21.5 Å². The molecular weight excluding hydrogens is 535 g/mol. The minimum absolute atomic E-state index is 0.0217. The number of anilines is 1. The van der Waals surface area contributed by atoms with Crippen LogP contribution >= 0.6 is 11.6 Å². The van der Waals surface area contributed by atoms with Crippen molar-refractivity contribution in [2.75, 3.05) is 18.4 Å². The van der Waals surface area contributed by atoms with Crippen molar-refractivity contribution in [3.05, 3.63) is 58.4 Å². The Balaban J connectivity index is 1.55. The second-order valence-corrected chi connectivity index (χ2v) is 12.0. The van der Waals surface area contributed by atoms with Crippen LogP contribution in [0.25, 0.3) is 0 Å². The molecule has 3 unspecified atom stereocenters. The summed E-state index contributed by atoms with van der Waals surface area (Å²) in [5.41, 5.74) is 3.56. The highest BCUT2D eigenvalue weighted by Gasteiger charge is 2.55. The lowest BCUT2D eigenvalue weighted by molar-refractivity contribution is -0.123. The first-order valence-corrected chi connectivity index (χ1v) is 13.5. The number of benzene rings is 2. The van der Waals surface area contributed by atoms with E-state index in [0.29, 0.717) is 25.0 Å². The van der Waals surface area contributed by atoms with E-state index in [2.05, 4.69) is 10.6 Å². The van der Waals surface area contributed by atoms with Crippen molar-refractivity contribution in [3.8, 4) is 0 Å². The lowest BCUT2D eigenvalue weighted by Crippen LogP contribution is -2.55. The molecule has 5 N–H and O–H groups in total. The first-order chi connectivity index (χ1) is 17.4. The maximum atomic E-state index is 13.6. The molecule has 0 aromatic heterocycles. The monoisotopic (exact) mass is 559 g/mol. The van der Waals surface area contributed by atoms with Gasteiger partial charge in [0.05, 0.1) is 27.3 Å². The number of aliphatic hydroxyl groups is 1. The van der Waals surface area contributed by atoms with Gasteiger partial charge in [0.2, 0.25) is 5.91 Å². The van der Waals surface area contributed by atoms with Gasteiger partial charge in [-0.1, -0.05) is 11.6 Å². The molecule has 2 aliphatic rings. The number of halogens is 4. The molecule has 37 heavy (non-hydrogen) atoms. The Bertz CT molecular complexity index is 1320. The third-order valence-corrected chi connectivity index (χ3v) is 9.96. The van der Waals surface area contributed by atoms with Crippen LogP contribution in [-0.4, -0.2) is 49.3 Å². The highest BCUT2D eigenvalue weighted by molar-refractivity contribution is 7.92. The molecule has 13 heteroatoms. The van der Waals surface area contributed by atoms with Gasteiger partial charge in [0.25, 0.3) is 5.91 Å². The number of sulfone groups is 1. The summed E-state index contributed by atoms with van der Waals surface area (Å²) >= 11 is 6.21. The molecule has 8 nitrogen and oxygen atoms in total. The summed E-state index contributed by atoms with van der Waals surface area (Å²) in [4.78, 5) is 24.0. The van der Waals surface area contributed by atoms with Crippen LogP contribution in [0, 0.1) is 29.3 Å². The van der Waals surface area contributed by atoms with Gasteiger partial charge in [0.1, 0.15) is 0 Å². The molecule has 2 amide bonds. The van der Waals surface area contributed by atoms with Crippen LogP contribution in [-0.2, 0) is 14.6 Å². The number of amides is 2. The zero-order valence-corrected chi connectivity index (χ0v) is 21.0. The molecule has 4 rings (SSSR count). The van der Waals surface area contributed by atoms with Crippen LogP contribution in [0.15, 0.2) is 35.2 Å². The Morgan fingerprint density at radius 2 is 1.68 bits per heavy atom. The van der Waals surface area contributed by atoms with E-state index < -0.39 is 50.0 Å². The predicted octanol–water partition coefficient (Wildman–Crippen LogP) is 2.78. The number of carbonyl (C=O) groups is 2. The average Bonchev–Trinajstić information content (AvgIpc) is 3.01. The Labute approximate surface area is 216 Å². The Hall–Kier alpha value is -2.67. The zero-order chi connectivity index (χ0) is 27.1. The van der Waals surface area contributed by atoms with E-state index in [0.717, 1.165) is 6.07 Å². The second-order valence-electron chi connectivity index (χ2n) is 9.43. The summed E-state index contributed by atoms with van der Waals surface area (Å²) in [6.07, 6.45) is 1.45. The SMILES string of the molecule is NCC(=O)NCC1(O)C2CC[C@H]1CC(S(=O)(=O)c1cc(C(=O)Nc3cc(F)c(F)c(F)c3)ccc1Cl)C2. The number of rotatable bonds is 7. The molecular formula is C24H25ClF3N3O5S. The van der Waals surface area contributed by atoms with Crippen LogP contribution in [0.1, 0.15) is 36.0 Å². The summed E-state index contributed by atoms with van der Waals surface area (Å²) in [7, 11) is -4.05. The van der Waals surface area contributed by atoms with Crippen LogP contribution < -0.4 is 16.4 Å². The molecule has 0 radical (unpaired) electrons. The number of fused-ring (bicyclic) bond motifs is 2. The number of carbonyl (C=O) groups excluding carboxylic acids is 2. The number of nitrogens with one attached hydrogen (secondary N) is 2. The van der Waals surface area contributed by atoms with Gasteiger partial charge in [0.15, 0.2) is 27.3 Å². The van der Waals surface area contributed by atoms with Crippen molar-refractivity contribution in [2.45, 2.75) is 41.4 Å². The van der Waals surface area contributed by atoms with Crippen LogP contribution in [0.5, 0.6) is 0 Å². The van der Waals surface area contributed by atoms with Gasteiger partial charge in [-0.15, -0.1) is 0 Å². The third kappa shape index (κ3) is 5.20. The van der Waals surface area contributed by atoms with E-state index in [1.54, 1.807) is 0 Å². The molecule has 0 aliphatic heterocycles. The second kappa shape index (κ2) is 10.2. The molecule has 4 atom stereocenters. The molecule has 2 aromatic rings. The maximum Gasteiger partial charge on any atom is 0.255 e. The first kappa shape index (κ1) is 27.4. The molecule has 2 aromatic carbocycles. The van der Waals surface area contributed by atoms with Crippen LogP contribution in [0.4, 0.5) is 18.9 Å². The summed E-state index contributed by atoms with van der Waals surface area (Å²) in [6.45, 7) is -0.248. The number of hydrogen-bond donors (Lipinski definition) is 4. The molecule has 2 saturated carbocycles. The Kier molecular flexibility index (Phi) is 7.57. The molecule has 200 valence electrons. The molecule has 2 bridgehead atoms. The lowest BCUT2D eigenvalue weighted by atomic mass is 9.74. The van der Waals surface area contributed by atoms with Gasteiger partial charge in [-0.3, -0.25) is 9.59 Å². The molecule has 0 saturated heterocycles. The quantitative estimate of drug-likeness (QED) is 0.385. The normalized spacial score (nSPS) is 25.1. The van der Waals surface area contributed by atoms with Crippen LogP contribution in [0.3, 0.4) is 0 Å². The summed E-state index contributed by atoms with van der Waals surface area (Å²) in [5.74, 6) is -6.74. The van der Waals surface area contributed by atoms with Gasteiger partial charge in [0, 0.05) is 29.9 Å². The van der Waals surface area contributed by atoms with Crippen molar-refractivity contribution in [1.29, 1.82) is 0 Å². The third-order valence-electron chi connectivity index (χ3n) is 7.31. The highest BCUT2D eigenvalue weighted by Crippen LogP contribution is 2.52. The minimum Gasteiger partial charge on any atom is -0.387 e. The largest absolute Gasteiger partial charge is 0.387 e. The van der Waals surface area contributed by atoms with E-state index >= 15 is 0 Å². The van der Waals surface area contributed by atoms with Crippen molar-refractivity contribution in [1.82, 2.24) is 5.32 Å². The lowest BCUT2D eigenvalue weighted by Gasteiger charge is -2.42. The zero-order valence-electron chi connectivity index (χ0n) is 19.4. The van der Waals surface area contributed by atoms with Gasteiger partial charge in [-0.05, 0) is 55.7 Å². The number of nitrogens with two attached hydrogens (primary N) is 1. The standard InChI is InChI=1S/C24H25ClF3N3O5S/c25-17-4-1-12(23(33)31-15-8-18(26)22(28)19(27)9-15)5-20(17)37(35,36)16-6-13-2-3-14(7-16)24(13,34)11-30-21(32)10-29/h1,4-5,8-9,13-14,16,34H,2-3,6-7,10-11,29H2,(H,30,32)(H,31,33)/t13-,14?,16?,24?/m0/s1. The van der Waals surface area contributed by atoms with E-state index in [1.807, 2.05) is 0 Å². The fourth-order valence-electron chi connectivity index (χ4n) is 5.34. The van der Waals surface area contributed by atoms with E-state index in [1.165, 1.54) is 12.1 Å². The van der Waals surface area contributed by atoms with E-state index in [4.69, 9.17) is 17.3 Å². The molecule has 0 heterocycles. The first-order valence-electron chi connectivity index (χ1n) is 11.5. The van der Waals surface area contributed by atoms with Crippen molar-refractivity contribution in [3.63, 3.8) is 0 Å². The van der Waals surface area contributed by atoms with Crippen molar-refractivity contribution in [2.24, 2.45) is 17.6 Å². The minimum atomic E-state index is -4.05. The van der Waals surface area contributed by atoms with Gasteiger partial charge in [-0.25, -0.2) is 21.6 Å². The van der Waals surface area contributed by atoms with Gasteiger partial charge >= 0.3 is 0 Å². The summed E-state index contributed by atoms with van der Waals surface area (Å²) < 4.78 is 67.4.